The van der Waals surface area contributed by atoms with Crippen molar-refractivity contribution >= 4 is 32.2 Å². The van der Waals surface area contributed by atoms with Gasteiger partial charge in [-0.15, -0.1) is 5.10 Å². The largest absolute Gasteiger partial charge is 0.352 e. The number of hydrogen-bond acceptors (Lipinski definition) is 6. The Labute approximate surface area is 198 Å². The van der Waals surface area contributed by atoms with Gasteiger partial charge in [0.2, 0.25) is 14.9 Å². The van der Waals surface area contributed by atoms with Crippen LogP contribution in [-0.4, -0.2) is 34.8 Å². The molecule has 0 radical (unpaired) electrons. The number of aryl methyl sites for hydroxylation is 2. The Morgan fingerprint density at radius 3 is 2.38 bits per heavy atom. The van der Waals surface area contributed by atoms with Crippen molar-refractivity contribution in [3.63, 3.8) is 0 Å². The van der Waals surface area contributed by atoms with Gasteiger partial charge in [-0.2, -0.15) is 4.52 Å². The first-order chi connectivity index (χ1) is 16.4. The maximum atomic E-state index is 13.6. The molecule has 0 N–H and O–H groups in total. The minimum absolute atomic E-state index is 0.140. The second kappa shape index (κ2) is 8.53. The molecule has 0 aliphatic rings. The summed E-state index contributed by atoms with van der Waals surface area (Å²) < 4.78 is 28.7. The Balaban J connectivity index is 1.72. The van der Waals surface area contributed by atoms with Crippen LogP contribution in [0.1, 0.15) is 23.6 Å². The Morgan fingerprint density at radius 2 is 1.65 bits per heavy atom. The van der Waals surface area contributed by atoms with Crippen LogP contribution in [0.5, 0.6) is 0 Å². The lowest BCUT2D eigenvalue weighted by molar-refractivity contribution is 0.592. The fraction of sp³-hybridized carbons (Fsp3) is 0.192. The molecule has 2 heterocycles. The molecule has 8 heteroatoms. The van der Waals surface area contributed by atoms with Crippen molar-refractivity contribution in [1.29, 1.82) is 0 Å². The van der Waals surface area contributed by atoms with Crippen molar-refractivity contribution in [2.45, 2.75) is 37.2 Å². The highest BCUT2D eigenvalue weighted by Gasteiger charge is 2.28. The number of aromatic nitrogens is 4. The summed E-state index contributed by atoms with van der Waals surface area (Å²) in [5.74, 6) is 0.702. The van der Waals surface area contributed by atoms with Crippen LogP contribution in [0.3, 0.4) is 0 Å². The number of nitrogens with zero attached hydrogens (tertiary/aromatic N) is 5. The van der Waals surface area contributed by atoms with Crippen LogP contribution in [0.4, 0.5) is 5.82 Å². The summed E-state index contributed by atoms with van der Waals surface area (Å²) in [6.45, 7) is 7.24. The molecule has 0 unspecified atom stereocenters. The molecule has 34 heavy (non-hydrogen) atoms. The van der Waals surface area contributed by atoms with Gasteiger partial charge in [-0.25, -0.2) is 13.4 Å². The van der Waals surface area contributed by atoms with Crippen molar-refractivity contribution in [3.05, 3.63) is 89.5 Å². The highest BCUT2D eigenvalue weighted by atomic mass is 32.2. The van der Waals surface area contributed by atoms with E-state index in [1.54, 1.807) is 18.2 Å². The van der Waals surface area contributed by atoms with E-state index in [9.17, 15) is 8.42 Å². The SMILES string of the molecule is CCN(Cc1ccccc1)c1nc2c(S(=O)(=O)c3ccc(C)c(C)c3)nnn2c2ccccc12. The first kappa shape index (κ1) is 22.0. The highest BCUT2D eigenvalue weighted by Crippen LogP contribution is 2.31. The third-order valence-corrected chi connectivity index (χ3v) is 7.79. The standard InChI is InChI=1S/C26H25N5O2S/c1-4-30(17-20-10-6-5-7-11-20)24-22-12-8-9-13-23(22)31-25(27-24)26(28-29-31)34(32,33)21-15-14-18(2)19(3)16-21/h5-16H,4,17H2,1-3H3. The normalized spacial score (nSPS) is 11.9. The second-order valence-corrected chi connectivity index (χ2v) is 10.2. The summed E-state index contributed by atoms with van der Waals surface area (Å²) in [6, 6.07) is 23.0. The van der Waals surface area contributed by atoms with Gasteiger partial charge in [-0.1, -0.05) is 53.7 Å². The van der Waals surface area contributed by atoms with E-state index >= 15 is 0 Å². The zero-order valence-corrected chi connectivity index (χ0v) is 20.1. The number of fused-ring (bicyclic) bond motifs is 3. The number of anilines is 1. The minimum atomic E-state index is -3.91. The predicted octanol–water partition coefficient (Wildman–Crippen LogP) is 4.75. The van der Waals surface area contributed by atoms with Crippen molar-refractivity contribution < 1.29 is 8.42 Å². The van der Waals surface area contributed by atoms with E-state index in [0.29, 0.717) is 18.9 Å². The van der Waals surface area contributed by atoms with E-state index in [-0.39, 0.29) is 15.6 Å². The molecule has 2 aromatic heterocycles. The van der Waals surface area contributed by atoms with Gasteiger partial charge in [-0.05, 0) is 61.7 Å². The first-order valence-electron chi connectivity index (χ1n) is 11.2. The summed E-state index contributed by atoms with van der Waals surface area (Å²) in [5.41, 5.74) is 4.04. The Bertz CT molecular complexity index is 1610. The fourth-order valence-corrected chi connectivity index (χ4v) is 5.40. The number of rotatable bonds is 6. The van der Waals surface area contributed by atoms with Gasteiger partial charge in [0.25, 0.3) is 0 Å². The molecule has 3 aromatic carbocycles. The molecule has 5 aromatic rings. The van der Waals surface area contributed by atoms with Crippen molar-refractivity contribution in [1.82, 2.24) is 19.8 Å². The van der Waals surface area contributed by atoms with Crippen LogP contribution in [0.25, 0.3) is 16.6 Å². The molecule has 0 aliphatic heterocycles. The fourth-order valence-electron chi connectivity index (χ4n) is 4.08. The summed E-state index contributed by atoms with van der Waals surface area (Å²) in [4.78, 5) is 7.17. The Morgan fingerprint density at radius 1 is 0.912 bits per heavy atom. The van der Waals surface area contributed by atoms with Gasteiger partial charge < -0.3 is 4.90 Å². The third kappa shape index (κ3) is 3.70. The molecule has 0 spiro atoms. The lowest BCUT2D eigenvalue weighted by Gasteiger charge is -2.24. The molecule has 0 amide bonds. The van der Waals surface area contributed by atoms with Crippen LogP contribution in [0.15, 0.2) is 82.7 Å². The van der Waals surface area contributed by atoms with Crippen molar-refractivity contribution in [3.8, 4) is 0 Å². The molecule has 0 atom stereocenters. The molecule has 0 bridgehead atoms. The average molecular weight is 472 g/mol. The molecule has 0 aliphatic carbocycles. The molecular weight excluding hydrogens is 446 g/mol. The van der Waals surface area contributed by atoms with Gasteiger partial charge in [-0.3, -0.25) is 0 Å². The van der Waals surface area contributed by atoms with Crippen LogP contribution in [0, 0.1) is 13.8 Å². The lowest BCUT2D eigenvalue weighted by Crippen LogP contribution is -2.24. The highest BCUT2D eigenvalue weighted by molar-refractivity contribution is 7.91. The molecular formula is C26H25N5O2S. The summed E-state index contributed by atoms with van der Waals surface area (Å²) in [6.07, 6.45) is 0. The van der Waals surface area contributed by atoms with Crippen LogP contribution >= 0.6 is 0 Å². The smallest absolute Gasteiger partial charge is 0.229 e. The quantitative estimate of drug-likeness (QED) is 0.355. The maximum Gasteiger partial charge on any atom is 0.229 e. The number of sulfone groups is 1. The molecule has 5 rings (SSSR count). The zero-order valence-electron chi connectivity index (χ0n) is 19.3. The Hall–Kier alpha value is -3.78. The van der Waals surface area contributed by atoms with Gasteiger partial charge >= 0.3 is 0 Å². The van der Waals surface area contributed by atoms with Gasteiger partial charge in [0.1, 0.15) is 5.82 Å². The second-order valence-electron chi connectivity index (χ2n) is 8.33. The van der Waals surface area contributed by atoms with Gasteiger partial charge in [0.05, 0.1) is 10.4 Å². The molecule has 7 nitrogen and oxygen atoms in total. The summed E-state index contributed by atoms with van der Waals surface area (Å²) in [5, 5.41) is 9.04. The van der Waals surface area contributed by atoms with Crippen molar-refractivity contribution in [2.75, 3.05) is 11.4 Å². The number of benzene rings is 3. The molecule has 0 saturated carbocycles. The first-order valence-corrected chi connectivity index (χ1v) is 12.6. The van der Waals surface area contributed by atoms with E-state index in [1.807, 2.05) is 56.3 Å². The van der Waals surface area contributed by atoms with Crippen molar-refractivity contribution in [2.24, 2.45) is 0 Å². The lowest BCUT2D eigenvalue weighted by atomic mass is 10.1. The van der Waals surface area contributed by atoms with Gasteiger partial charge in [0.15, 0.2) is 5.65 Å². The van der Waals surface area contributed by atoms with E-state index in [4.69, 9.17) is 4.98 Å². The molecule has 172 valence electrons. The van der Waals surface area contributed by atoms with Crippen LogP contribution < -0.4 is 4.90 Å². The monoisotopic (exact) mass is 471 g/mol. The predicted molar refractivity (Wildman–Crippen MR) is 133 cm³/mol. The zero-order chi connectivity index (χ0) is 23.9. The number of para-hydroxylation sites is 1. The van der Waals surface area contributed by atoms with E-state index < -0.39 is 9.84 Å². The van der Waals surface area contributed by atoms with Gasteiger partial charge in [0, 0.05) is 18.5 Å². The van der Waals surface area contributed by atoms with E-state index in [1.165, 1.54) is 4.52 Å². The number of hydrogen-bond donors (Lipinski definition) is 0. The minimum Gasteiger partial charge on any atom is -0.352 e. The topological polar surface area (TPSA) is 80.5 Å². The Kier molecular flexibility index (Phi) is 5.53. The van der Waals surface area contributed by atoms with E-state index in [2.05, 4.69) is 34.3 Å². The maximum absolute atomic E-state index is 13.6. The summed E-state index contributed by atoms with van der Waals surface area (Å²) in [7, 11) is -3.91. The average Bonchev–Trinajstić information content (AvgIpc) is 3.29. The molecule has 0 saturated heterocycles. The summed E-state index contributed by atoms with van der Waals surface area (Å²) >= 11 is 0. The van der Waals surface area contributed by atoms with E-state index in [0.717, 1.165) is 27.6 Å². The third-order valence-electron chi connectivity index (χ3n) is 6.14. The van der Waals surface area contributed by atoms with Crippen LogP contribution in [0.2, 0.25) is 0 Å². The molecule has 0 fully saturated rings. The van der Waals surface area contributed by atoms with Crippen LogP contribution in [-0.2, 0) is 16.4 Å².